The molecule has 0 radical (unpaired) electrons. The molecular weight excluding hydrogens is 309 g/mol. The zero-order valence-corrected chi connectivity index (χ0v) is 10.0. The summed E-state index contributed by atoms with van der Waals surface area (Å²) in [5.41, 5.74) is 0.413. The normalized spacial score (nSPS) is 11.4. The average molecular weight is 315 g/mol. The van der Waals surface area contributed by atoms with E-state index < -0.39 is 23.0 Å². The van der Waals surface area contributed by atoms with Gasteiger partial charge in [0.1, 0.15) is 0 Å². The first kappa shape index (κ1) is 13.7. The third-order valence-corrected chi connectivity index (χ3v) is 2.47. The van der Waals surface area contributed by atoms with E-state index >= 15 is 0 Å². The number of pyridine rings is 1. The molecule has 0 saturated carbocycles. The lowest BCUT2D eigenvalue weighted by atomic mass is 10.2. The van der Waals surface area contributed by atoms with Gasteiger partial charge in [0.05, 0.1) is 0 Å². The van der Waals surface area contributed by atoms with Crippen LogP contribution in [-0.4, -0.2) is 16.3 Å². The maximum Gasteiger partial charge on any atom is 0.575 e. The Morgan fingerprint density at radius 3 is 2.59 bits per heavy atom. The molecule has 5 nitrogen and oxygen atoms in total. The van der Waals surface area contributed by atoms with Crippen LogP contribution in [0.15, 0.2) is 6.07 Å². The summed E-state index contributed by atoms with van der Waals surface area (Å²) in [6.45, 7) is 1.34. The summed E-state index contributed by atoms with van der Waals surface area (Å²) in [4.78, 5) is 12.8. The fourth-order valence-corrected chi connectivity index (χ4v) is 1.65. The van der Waals surface area contributed by atoms with Crippen LogP contribution in [0, 0.1) is 17.0 Å². The molecule has 0 aromatic carbocycles. The van der Waals surface area contributed by atoms with Gasteiger partial charge in [-0.2, -0.15) is 0 Å². The number of hydrogen-bond donors (Lipinski definition) is 0. The van der Waals surface area contributed by atoms with Gasteiger partial charge in [0, 0.05) is 21.9 Å². The quantitative estimate of drug-likeness (QED) is 0.488. The van der Waals surface area contributed by atoms with Crippen LogP contribution < -0.4 is 4.74 Å². The number of nitro groups is 1. The summed E-state index contributed by atoms with van der Waals surface area (Å²) in [5, 5.41) is 10.7. The molecule has 0 aliphatic heterocycles. The second-order valence-electron chi connectivity index (χ2n) is 3.01. The number of aromatic nitrogens is 1. The maximum absolute atomic E-state index is 12.0. The van der Waals surface area contributed by atoms with Gasteiger partial charge in [-0.25, -0.2) is 0 Å². The third kappa shape index (κ3) is 3.55. The Kier molecular flexibility index (Phi) is 3.91. The molecule has 9 heteroatoms. The lowest BCUT2D eigenvalue weighted by molar-refractivity contribution is -0.390. The van der Waals surface area contributed by atoms with Crippen LogP contribution in [0.25, 0.3) is 0 Å². The highest BCUT2D eigenvalue weighted by atomic mass is 79.9. The van der Waals surface area contributed by atoms with Gasteiger partial charge in [0.25, 0.3) is 0 Å². The number of rotatable bonds is 3. The number of alkyl halides is 4. The monoisotopic (exact) mass is 314 g/mol. The van der Waals surface area contributed by atoms with E-state index in [-0.39, 0.29) is 10.9 Å². The van der Waals surface area contributed by atoms with E-state index in [4.69, 9.17) is 0 Å². The van der Waals surface area contributed by atoms with Crippen molar-refractivity contribution in [2.24, 2.45) is 0 Å². The van der Waals surface area contributed by atoms with E-state index in [1.54, 1.807) is 0 Å². The SMILES string of the molecule is Cc1c(CBr)cc([N+](=O)[O-])nc1OC(F)(F)F. The van der Waals surface area contributed by atoms with Crippen molar-refractivity contribution in [1.29, 1.82) is 0 Å². The maximum atomic E-state index is 12.0. The number of halogens is 4. The second-order valence-corrected chi connectivity index (χ2v) is 3.57. The predicted octanol–water partition coefficient (Wildman–Crippen LogP) is 3.09. The molecule has 1 aromatic rings. The molecule has 0 amide bonds. The van der Waals surface area contributed by atoms with Gasteiger partial charge in [-0.15, -0.1) is 13.2 Å². The van der Waals surface area contributed by atoms with Crippen molar-refractivity contribution in [1.82, 2.24) is 4.98 Å². The molecule has 0 saturated heterocycles. The fraction of sp³-hybridized carbons (Fsp3) is 0.375. The van der Waals surface area contributed by atoms with Crippen molar-refractivity contribution in [3.8, 4) is 5.88 Å². The minimum absolute atomic E-state index is 0.102. The standard InChI is InChI=1S/C8H6BrF3N2O3/c1-4-5(3-9)2-6(14(15)16)13-7(4)17-8(10,11)12/h2H,3H2,1H3. The zero-order chi connectivity index (χ0) is 13.2. The minimum atomic E-state index is -4.93. The highest BCUT2D eigenvalue weighted by Gasteiger charge is 2.35. The highest BCUT2D eigenvalue weighted by molar-refractivity contribution is 9.08. The molecule has 1 rings (SSSR count). The van der Waals surface area contributed by atoms with Crippen LogP contribution in [-0.2, 0) is 5.33 Å². The average Bonchev–Trinajstić information content (AvgIpc) is 2.18. The van der Waals surface area contributed by atoms with Crippen molar-refractivity contribution >= 4 is 21.7 Å². The van der Waals surface area contributed by atoms with Crippen LogP contribution in [0.3, 0.4) is 0 Å². The first-order chi connectivity index (χ1) is 7.74. The molecule has 0 atom stereocenters. The number of hydrogen-bond acceptors (Lipinski definition) is 4. The molecule has 17 heavy (non-hydrogen) atoms. The topological polar surface area (TPSA) is 65.3 Å². The lowest BCUT2D eigenvalue weighted by Crippen LogP contribution is -2.19. The van der Waals surface area contributed by atoms with E-state index in [1.165, 1.54) is 6.92 Å². The molecule has 0 fully saturated rings. The van der Waals surface area contributed by atoms with Crippen molar-refractivity contribution < 1.29 is 22.8 Å². The van der Waals surface area contributed by atoms with Crippen molar-refractivity contribution in [3.05, 3.63) is 27.3 Å². The summed E-state index contributed by atoms with van der Waals surface area (Å²) in [5.74, 6) is -1.49. The lowest BCUT2D eigenvalue weighted by Gasteiger charge is -2.09. The molecule has 1 aromatic heterocycles. The molecule has 0 aliphatic rings. The summed E-state index contributed by atoms with van der Waals surface area (Å²) in [6, 6.07) is 1.09. The second kappa shape index (κ2) is 4.86. The van der Waals surface area contributed by atoms with Gasteiger partial charge in [-0.1, -0.05) is 15.9 Å². The minimum Gasteiger partial charge on any atom is -0.366 e. The molecule has 0 N–H and O–H groups in total. The highest BCUT2D eigenvalue weighted by Crippen LogP contribution is 2.29. The summed E-state index contributed by atoms with van der Waals surface area (Å²) < 4.78 is 39.8. The molecule has 0 bridgehead atoms. The van der Waals surface area contributed by atoms with Crippen molar-refractivity contribution in [3.63, 3.8) is 0 Å². The Morgan fingerprint density at radius 2 is 2.18 bits per heavy atom. The smallest absolute Gasteiger partial charge is 0.366 e. The van der Waals surface area contributed by atoms with Crippen LogP contribution in [0.4, 0.5) is 19.0 Å². The van der Waals surface area contributed by atoms with Gasteiger partial charge >= 0.3 is 18.1 Å². The van der Waals surface area contributed by atoms with Crippen molar-refractivity contribution in [2.75, 3.05) is 0 Å². The molecule has 0 aliphatic carbocycles. The van der Waals surface area contributed by atoms with Crippen molar-refractivity contribution in [2.45, 2.75) is 18.6 Å². The van der Waals surface area contributed by atoms with E-state index in [0.29, 0.717) is 5.56 Å². The Bertz CT molecular complexity index is 450. The largest absolute Gasteiger partial charge is 0.575 e. The van der Waals surface area contributed by atoms with Gasteiger partial charge in [0.2, 0.25) is 0 Å². The molecule has 0 unspecified atom stereocenters. The molecular formula is C8H6BrF3N2O3. The number of ether oxygens (including phenoxy) is 1. The Labute approximate surface area is 102 Å². The molecule has 94 valence electrons. The Morgan fingerprint density at radius 1 is 1.59 bits per heavy atom. The summed E-state index contributed by atoms with van der Waals surface area (Å²) in [7, 11) is 0. The first-order valence-electron chi connectivity index (χ1n) is 4.21. The molecule has 1 heterocycles. The van der Waals surface area contributed by atoms with E-state index in [1.807, 2.05) is 0 Å². The Hall–Kier alpha value is -1.38. The fourth-order valence-electron chi connectivity index (χ4n) is 1.06. The number of nitrogens with zero attached hydrogens (tertiary/aromatic N) is 2. The third-order valence-electron chi connectivity index (χ3n) is 1.87. The van der Waals surface area contributed by atoms with Gasteiger partial charge < -0.3 is 14.9 Å². The van der Waals surface area contributed by atoms with E-state index in [2.05, 4.69) is 25.7 Å². The van der Waals surface area contributed by atoms with Crippen LogP contribution >= 0.6 is 15.9 Å². The first-order valence-corrected chi connectivity index (χ1v) is 5.33. The van der Waals surface area contributed by atoms with Crippen LogP contribution in [0.1, 0.15) is 11.1 Å². The summed E-state index contributed by atoms with van der Waals surface area (Å²) >= 11 is 3.02. The van der Waals surface area contributed by atoms with Gasteiger partial charge in [-0.3, -0.25) is 0 Å². The van der Waals surface area contributed by atoms with Crippen LogP contribution in [0.5, 0.6) is 5.88 Å². The summed E-state index contributed by atoms with van der Waals surface area (Å²) in [6.07, 6.45) is -4.93. The van der Waals surface area contributed by atoms with E-state index in [0.717, 1.165) is 6.07 Å². The Balaban J connectivity index is 3.28. The van der Waals surface area contributed by atoms with Gasteiger partial charge in [0.15, 0.2) is 0 Å². The van der Waals surface area contributed by atoms with E-state index in [9.17, 15) is 23.3 Å². The van der Waals surface area contributed by atoms with Crippen LogP contribution in [0.2, 0.25) is 0 Å². The zero-order valence-electron chi connectivity index (χ0n) is 8.42. The predicted molar refractivity (Wildman–Crippen MR) is 54.9 cm³/mol. The molecule has 0 spiro atoms. The van der Waals surface area contributed by atoms with Gasteiger partial charge in [-0.05, 0) is 17.4 Å².